The van der Waals surface area contributed by atoms with Crippen LogP contribution in [0.1, 0.15) is 63.4 Å². The van der Waals surface area contributed by atoms with Crippen molar-refractivity contribution in [1.82, 2.24) is 0 Å². The molecular formula is C23H25Cl2NO3. The number of nitriles is 1. The third-order valence-electron chi connectivity index (χ3n) is 8.50. The molecule has 6 aliphatic rings. The van der Waals surface area contributed by atoms with Crippen LogP contribution in [0.4, 0.5) is 0 Å². The number of nitrogens with zero attached hydrogens (tertiary/aromatic N) is 1. The van der Waals surface area contributed by atoms with Gasteiger partial charge in [0, 0.05) is 24.7 Å². The monoisotopic (exact) mass is 433 g/mol. The second-order valence-corrected chi connectivity index (χ2v) is 10.8. The first kappa shape index (κ1) is 18.9. The SMILES string of the molecule is N#CC1(c2ccc(Cl)c(Cl)c2)CCC2(CC1)OOC1(O2)C2CC3CC(C2)CC1C3. The molecule has 4 nitrogen and oxygen atoms in total. The lowest BCUT2D eigenvalue weighted by Crippen LogP contribution is -2.59. The van der Waals surface area contributed by atoms with Crippen molar-refractivity contribution >= 4 is 23.2 Å². The van der Waals surface area contributed by atoms with Crippen molar-refractivity contribution in [1.29, 1.82) is 5.26 Å². The number of ether oxygens (including phenoxy) is 1. The maximum Gasteiger partial charge on any atom is 0.210 e. The van der Waals surface area contributed by atoms with E-state index >= 15 is 0 Å². The first-order chi connectivity index (χ1) is 14.0. The molecule has 1 saturated heterocycles. The molecule has 7 rings (SSSR count). The molecule has 0 atom stereocenters. The first-order valence-corrected chi connectivity index (χ1v) is 11.7. The van der Waals surface area contributed by atoms with Crippen molar-refractivity contribution in [3.63, 3.8) is 0 Å². The van der Waals surface area contributed by atoms with Crippen molar-refractivity contribution in [3.05, 3.63) is 33.8 Å². The van der Waals surface area contributed by atoms with Gasteiger partial charge in [-0.05, 0) is 74.5 Å². The topological polar surface area (TPSA) is 51.5 Å². The fourth-order valence-electron chi connectivity index (χ4n) is 7.11. The molecule has 1 heterocycles. The summed E-state index contributed by atoms with van der Waals surface area (Å²) in [6.45, 7) is 0. The molecule has 4 bridgehead atoms. The van der Waals surface area contributed by atoms with Gasteiger partial charge in [0.1, 0.15) is 0 Å². The molecule has 0 radical (unpaired) electrons. The summed E-state index contributed by atoms with van der Waals surface area (Å²) in [7, 11) is 0. The second-order valence-electron chi connectivity index (χ2n) is 10.0. The summed E-state index contributed by atoms with van der Waals surface area (Å²) in [6.07, 6.45) is 8.82. The zero-order chi connectivity index (χ0) is 19.9. The zero-order valence-electron chi connectivity index (χ0n) is 16.3. The fourth-order valence-corrected chi connectivity index (χ4v) is 7.41. The highest BCUT2D eigenvalue weighted by atomic mass is 35.5. The molecule has 0 aromatic heterocycles. The quantitative estimate of drug-likeness (QED) is 0.497. The number of benzene rings is 1. The molecule has 0 unspecified atom stereocenters. The predicted octanol–water partition coefficient (Wildman–Crippen LogP) is 6.16. The molecule has 154 valence electrons. The number of rotatable bonds is 1. The number of halogens is 2. The highest BCUT2D eigenvalue weighted by molar-refractivity contribution is 6.42. The number of hydrogen-bond donors (Lipinski definition) is 0. The van der Waals surface area contributed by atoms with Crippen LogP contribution in [0.2, 0.25) is 10.0 Å². The Kier molecular flexibility index (Phi) is 4.13. The molecule has 5 aliphatic carbocycles. The Morgan fingerprint density at radius 2 is 1.52 bits per heavy atom. The Bertz CT molecular complexity index is 859. The highest BCUT2D eigenvalue weighted by Gasteiger charge is 2.67. The Morgan fingerprint density at radius 1 is 0.862 bits per heavy atom. The van der Waals surface area contributed by atoms with Gasteiger partial charge in [-0.3, -0.25) is 0 Å². The van der Waals surface area contributed by atoms with Gasteiger partial charge in [0.2, 0.25) is 11.6 Å². The maximum absolute atomic E-state index is 10.1. The summed E-state index contributed by atoms with van der Waals surface area (Å²) >= 11 is 12.3. The molecule has 0 amide bonds. The minimum atomic E-state index is -0.716. The summed E-state index contributed by atoms with van der Waals surface area (Å²) in [5.41, 5.74) is 0.332. The van der Waals surface area contributed by atoms with Crippen molar-refractivity contribution in [2.24, 2.45) is 23.7 Å². The van der Waals surface area contributed by atoms with Crippen molar-refractivity contribution < 1.29 is 14.5 Å². The van der Waals surface area contributed by atoms with E-state index in [0.717, 1.165) is 17.4 Å². The van der Waals surface area contributed by atoms with Gasteiger partial charge in [-0.2, -0.15) is 15.0 Å². The normalized spacial score (nSPS) is 47.8. The van der Waals surface area contributed by atoms with E-state index in [1.807, 2.05) is 12.1 Å². The Balaban J connectivity index is 1.23. The maximum atomic E-state index is 10.1. The van der Waals surface area contributed by atoms with Gasteiger partial charge in [0.05, 0.1) is 21.5 Å². The Labute approximate surface area is 181 Å². The third kappa shape index (κ3) is 2.68. The lowest BCUT2D eigenvalue weighted by Gasteiger charge is -2.57. The van der Waals surface area contributed by atoms with Crippen LogP contribution >= 0.6 is 23.2 Å². The van der Waals surface area contributed by atoms with Crippen LogP contribution in [0, 0.1) is 35.0 Å². The van der Waals surface area contributed by atoms with Crippen LogP contribution in [0.3, 0.4) is 0 Å². The molecule has 2 spiro atoms. The standard InChI is InChI=1S/C23H25Cl2NO3/c24-19-2-1-16(12-20(19)25)21(13-26)3-5-22(6-4-21)27-23(29-28-22)17-8-14-7-15(10-17)11-18(23)9-14/h1-2,12,14-15,17-18H,3-11H2. The molecule has 5 saturated carbocycles. The van der Waals surface area contributed by atoms with E-state index in [4.69, 9.17) is 37.7 Å². The van der Waals surface area contributed by atoms with E-state index in [-0.39, 0.29) is 0 Å². The Hall–Kier alpha value is -0.830. The van der Waals surface area contributed by atoms with E-state index in [2.05, 4.69) is 6.07 Å². The number of hydrogen-bond acceptors (Lipinski definition) is 4. The fraction of sp³-hybridized carbons (Fsp3) is 0.696. The third-order valence-corrected chi connectivity index (χ3v) is 9.24. The smallest absolute Gasteiger partial charge is 0.210 e. The van der Waals surface area contributed by atoms with Gasteiger partial charge in [-0.15, -0.1) is 0 Å². The summed E-state index contributed by atoms with van der Waals surface area (Å²) in [5, 5.41) is 11.1. The largest absolute Gasteiger partial charge is 0.312 e. The van der Waals surface area contributed by atoms with Crippen LogP contribution in [0.15, 0.2) is 18.2 Å². The minimum absolute atomic E-state index is 0.454. The van der Waals surface area contributed by atoms with E-state index in [0.29, 0.717) is 47.6 Å². The average molecular weight is 434 g/mol. The van der Waals surface area contributed by atoms with Crippen molar-refractivity contribution in [2.45, 2.75) is 74.8 Å². The van der Waals surface area contributed by atoms with E-state index < -0.39 is 17.0 Å². The van der Waals surface area contributed by atoms with Gasteiger partial charge in [-0.25, -0.2) is 0 Å². The van der Waals surface area contributed by atoms with Crippen molar-refractivity contribution in [2.75, 3.05) is 0 Å². The molecule has 6 fully saturated rings. The van der Waals surface area contributed by atoms with Gasteiger partial charge in [0.15, 0.2) is 0 Å². The molecule has 0 N–H and O–H groups in total. The van der Waals surface area contributed by atoms with Crippen molar-refractivity contribution in [3.8, 4) is 6.07 Å². The summed E-state index contributed by atoms with van der Waals surface area (Å²) in [5.74, 6) is 1.33. The molecule has 29 heavy (non-hydrogen) atoms. The summed E-state index contributed by atoms with van der Waals surface area (Å²) in [6, 6.07) is 8.08. The first-order valence-electron chi connectivity index (χ1n) is 10.9. The Morgan fingerprint density at radius 3 is 2.10 bits per heavy atom. The van der Waals surface area contributed by atoms with Crippen LogP contribution in [0.5, 0.6) is 0 Å². The summed E-state index contributed by atoms with van der Waals surface area (Å²) in [4.78, 5) is 12.1. The van der Waals surface area contributed by atoms with Crippen LogP contribution in [0.25, 0.3) is 0 Å². The molecule has 1 aromatic carbocycles. The van der Waals surface area contributed by atoms with E-state index in [9.17, 15) is 5.26 Å². The van der Waals surface area contributed by atoms with Crippen LogP contribution in [-0.2, 0) is 19.9 Å². The zero-order valence-corrected chi connectivity index (χ0v) is 17.8. The highest BCUT2D eigenvalue weighted by Crippen LogP contribution is 2.64. The lowest BCUT2D eigenvalue weighted by molar-refractivity contribution is -0.390. The average Bonchev–Trinajstić information content (AvgIpc) is 3.09. The van der Waals surface area contributed by atoms with E-state index in [1.54, 1.807) is 6.07 Å². The van der Waals surface area contributed by atoms with Gasteiger partial charge < -0.3 is 4.74 Å². The van der Waals surface area contributed by atoms with Crippen LogP contribution < -0.4 is 0 Å². The van der Waals surface area contributed by atoms with Gasteiger partial charge in [-0.1, -0.05) is 29.3 Å². The molecular weight excluding hydrogens is 409 g/mol. The van der Waals surface area contributed by atoms with Gasteiger partial charge >= 0.3 is 0 Å². The molecule has 1 aliphatic heterocycles. The lowest BCUT2D eigenvalue weighted by atomic mass is 9.53. The molecule has 1 aromatic rings. The molecule has 6 heteroatoms. The minimum Gasteiger partial charge on any atom is -0.312 e. The van der Waals surface area contributed by atoms with Gasteiger partial charge in [0.25, 0.3) is 0 Å². The summed E-state index contributed by atoms with van der Waals surface area (Å²) < 4.78 is 6.77. The van der Waals surface area contributed by atoms with Crippen LogP contribution in [-0.4, -0.2) is 11.6 Å². The van der Waals surface area contributed by atoms with E-state index in [1.165, 1.54) is 32.1 Å². The second kappa shape index (κ2) is 6.34. The predicted molar refractivity (Wildman–Crippen MR) is 108 cm³/mol.